The highest BCUT2D eigenvalue weighted by atomic mass is 79.9. The van der Waals surface area contributed by atoms with Gasteiger partial charge in [0, 0.05) is 21.1 Å². The number of thiophene rings is 1. The molecule has 0 fully saturated rings. The van der Waals surface area contributed by atoms with Crippen molar-refractivity contribution in [1.82, 2.24) is 0 Å². The summed E-state index contributed by atoms with van der Waals surface area (Å²) in [7, 11) is 0. The number of benzene rings is 1. The van der Waals surface area contributed by atoms with Crippen molar-refractivity contribution < 1.29 is 4.74 Å². The quantitative estimate of drug-likeness (QED) is 0.843. The van der Waals surface area contributed by atoms with E-state index in [1.807, 2.05) is 36.6 Å². The van der Waals surface area contributed by atoms with E-state index < -0.39 is 0 Å². The van der Waals surface area contributed by atoms with Crippen LogP contribution in [0.15, 0.2) is 34.1 Å². The molecule has 1 aromatic carbocycles. The molecule has 1 unspecified atom stereocenters. The van der Waals surface area contributed by atoms with Crippen LogP contribution in [-0.2, 0) is 13.0 Å². The van der Waals surface area contributed by atoms with E-state index in [2.05, 4.69) is 15.9 Å². The lowest BCUT2D eigenvalue weighted by Crippen LogP contribution is -2.18. The summed E-state index contributed by atoms with van der Waals surface area (Å²) in [4.78, 5) is 1.16. The Hall–Kier alpha value is -0.550. The second-order valence-corrected chi connectivity index (χ2v) is 6.64. The van der Waals surface area contributed by atoms with Gasteiger partial charge in [0.1, 0.15) is 12.4 Å². The molecule has 0 saturated heterocycles. The van der Waals surface area contributed by atoms with Crippen LogP contribution < -0.4 is 10.5 Å². The molecule has 1 heterocycles. The summed E-state index contributed by atoms with van der Waals surface area (Å²) < 4.78 is 6.96. The van der Waals surface area contributed by atoms with E-state index in [0.717, 1.165) is 20.7 Å². The minimum Gasteiger partial charge on any atom is -0.488 e. The van der Waals surface area contributed by atoms with Crippen molar-refractivity contribution in [1.29, 1.82) is 0 Å². The van der Waals surface area contributed by atoms with Gasteiger partial charge in [-0.05, 0) is 52.9 Å². The Kier molecular flexibility index (Phi) is 5.28. The monoisotopic (exact) mass is 359 g/mol. The van der Waals surface area contributed by atoms with Crippen LogP contribution >= 0.6 is 38.9 Å². The van der Waals surface area contributed by atoms with E-state index in [-0.39, 0.29) is 6.04 Å². The number of halogens is 2. The largest absolute Gasteiger partial charge is 0.488 e. The standard InChI is InChI=1S/C14H15BrClNOS/c1-9(17)7-10-12(16)3-2-4-13(10)18-8-14-11(15)5-6-19-14/h2-6,9H,7-8,17H2,1H3. The van der Waals surface area contributed by atoms with Gasteiger partial charge in [-0.2, -0.15) is 0 Å². The van der Waals surface area contributed by atoms with E-state index in [4.69, 9.17) is 22.1 Å². The summed E-state index contributed by atoms with van der Waals surface area (Å²) in [6, 6.07) is 7.77. The molecular weight excluding hydrogens is 346 g/mol. The molecule has 0 bridgehead atoms. The first-order valence-corrected chi connectivity index (χ1v) is 8.00. The van der Waals surface area contributed by atoms with Crippen molar-refractivity contribution in [2.45, 2.75) is 26.0 Å². The molecule has 0 aliphatic rings. The molecule has 0 saturated carbocycles. The average Bonchev–Trinajstić information content (AvgIpc) is 2.75. The Morgan fingerprint density at radius 2 is 2.21 bits per heavy atom. The molecular formula is C14H15BrClNOS. The predicted molar refractivity (Wildman–Crippen MR) is 85.2 cm³/mol. The van der Waals surface area contributed by atoms with Crippen LogP contribution in [0.3, 0.4) is 0 Å². The molecule has 0 radical (unpaired) electrons. The maximum atomic E-state index is 6.22. The van der Waals surface area contributed by atoms with Gasteiger partial charge in [0.25, 0.3) is 0 Å². The van der Waals surface area contributed by atoms with Crippen LogP contribution in [0, 0.1) is 0 Å². The summed E-state index contributed by atoms with van der Waals surface area (Å²) in [5, 5.41) is 2.74. The van der Waals surface area contributed by atoms with Crippen LogP contribution in [-0.4, -0.2) is 6.04 Å². The Labute approximate surface area is 130 Å². The van der Waals surface area contributed by atoms with Crippen molar-refractivity contribution in [2.24, 2.45) is 5.73 Å². The molecule has 2 nitrogen and oxygen atoms in total. The van der Waals surface area contributed by atoms with Gasteiger partial charge < -0.3 is 10.5 Å². The molecule has 0 spiro atoms. The summed E-state index contributed by atoms with van der Waals surface area (Å²) in [5.41, 5.74) is 6.84. The molecule has 1 aromatic heterocycles. The maximum absolute atomic E-state index is 6.22. The lowest BCUT2D eigenvalue weighted by Gasteiger charge is -2.14. The van der Waals surface area contributed by atoms with Crippen LogP contribution in [0.5, 0.6) is 5.75 Å². The Morgan fingerprint density at radius 3 is 2.84 bits per heavy atom. The molecule has 2 N–H and O–H groups in total. The zero-order valence-electron chi connectivity index (χ0n) is 10.5. The van der Waals surface area contributed by atoms with E-state index in [1.54, 1.807) is 11.3 Å². The third-order valence-corrected chi connectivity index (χ3v) is 4.91. The number of ether oxygens (including phenoxy) is 1. The molecule has 2 rings (SSSR count). The fraction of sp³-hybridized carbons (Fsp3) is 0.286. The van der Waals surface area contributed by atoms with Gasteiger partial charge in [0.05, 0.1) is 4.88 Å². The smallest absolute Gasteiger partial charge is 0.124 e. The lowest BCUT2D eigenvalue weighted by atomic mass is 10.1. The van der Waals surface area contributed by atoms with Crippen molar-refractivity contribution in [2.75, 3.05) is 0 Å². The first kappa shape index (κ1) is 14.9. The van der Waals surface area contributed by atoms with Gasteiger partial charge in [-0.1, -0.05) is 17.7 Å². The van der Waals surface area contributed by atoms with Gasteiger partial charge >= 0.3 is 0 Å². The van der Waals surface area contributed by atoms with E-state index >= 15 is 0 Å². The third-order valence-electron chi connectivity index (χ3n) is 2.65. The Balaban J connectivity index is 2.15. The lowest BCUT2D eigenvalue weighted by molar-refractivity contribution is 0.305. The van der Waals surface area contributed by atoms with Crippen LogP contribution in [0.4, 0.5) is 0 Å². The van der Waals surface area contributed by atoms with Crippen LogP contribution in [0.1, 0.15) is 17.4 Å². The fourth-order valence-electron chi connectivity index (χ4n) is 1.77. The number of hydrogen-bond acceptors (Lipinski definition) is 3. The third kappa shape index (κ3) is 3.96. The molecule has 0 aliphatic heterocycles. The van der Waals surface area contributed by atoms with Gasteiger partial charge in [-0.25, -0.2) is 0 Å². The van der Waals surface area contributed by atoms with Crippen molar-refractivity contribution in [3.8, 4) is 5.75 Å². The second-order valence-electron chi connectivity index (χ2n) is 4.38. The van der Waals surface area contributed by atoms with Gasteiger partial charge in [-0.15, -0.1) is 11.3 Å². The first-order valence-electron chi connectivity index (χ1n) is 5.95. The molecule has 2 aromatic rings. The fourth-order valence-corrected chi connectivity index (χ4v) is 3.39. The first-order chi connectivity index (χ1) is 9.08. The van der Waals surface area contributed by atoms with Crippen molar-refractivity contribution in [3.05, 3.63) is 49.6 Å². The summed E-state index contributed by atoms with van der Waals surface area (Å²) in [6.07, 6.45) is 0.709. The average molecular weight is 361 g/mol. The number of hydrogen-bond donors (Lipinski definition) is 1. The molecule has 5 heteroatoms. The van der Waals surface area contributed by atoms with E-state index in [1.165, 1.54) is 0 Å². The van der Waals surface area contributed by atoms with E-state index in [9.17, 15) is 0 Å². The minimum absolute atomic E-state index is 0.0516. The summed E-state index contributed by atoms with van der Waals surface area (Å²) in [5.74, 6) is 0.810. The zero-order valence-corrected chi connectivity index (χ0v) is 13.7. The zero-order chi connectivity index (χ0) is 13.8. The van der Waals surface area contributed by atoms with Crippen molar-refractivity contribution >= 4 is 38.9 Å². The highest BCUT2D eigenvalue weighted by Gasteiger charge is 2.11. The van der Waals surface area contributed by atoms with Gasteiger partial charge in [0.2, 0.25) is 0 Å². The van der Waals surface area contributed by atoms with Crippen molar-refractivity contribution in [3.63, 3.8) is 0 Å². The molecule has 1 atom stereocenters. The Bertz CT molecular complexity index is 556. The second kappa shape index (κ2) is 6.75. The summed E-state index contributed by atoms with van der Waals surface area (Å²) >= 11 is 11.4. The highest BCUT2D eigenvalue weighted by Crippen LogP contribution is 2.30. The number of rotatable bonds is 5. The predicted octanol–water partition coefficient (Wildman–Crippen LogP) is 4.63. The summed E-state index contributed by atoms with van der Waals surface area (Å²) in [6.45, 7) is 2.49. The minimum atomic E-state index is 0.0516. The SMILES string of the molecule is CC(N)Cc1c(Cl)cccc1OCc1sccc1Br. The Morgan fingerprint density at radius 1 is 1.42 bits per heavy atom. The van der Waals surface area contributed by atoms with E-state index in [0.29, 0.717) is 18.1 Å². The highest BCUT2D eigenvalue weighted by molar-refractivity contribution is 9.10. The van der Waals surface area contributed by atoms with Gasteiger partial charge in [0.15, 0.2) is 0 Å². The maximum Gasteiger partial charge on any atom is 0.124 e. The topological polar surface area (TPSA) is 35.2 Å². The normalized spacial score (nSPS) is 12.4. The van der Waals surface area contributed by atoms with Gasteiger partial charge in [-0.3, -0.25) is 0 Å². The molecule has 0 amide bonds. The molecule has 102 valence electrons. The molecule has 19 heavy (non-hydrogen) atoms. The number of nitrogens with two attached hydrogens (primary N) is 1. The van der Waals surface area contributed by atoms with Crippen LogP contribution in [0.25, 0.3) is 0 Å². The molecule has 0 aliphatic carbocycles. The van der Waals surface area contributed by atoms with Crippen LogP contribution in [0.2, 0.25) is 5.02 Å².